The van der Waals surface area contributed by atoms with Gasteiger partial charge < -0.3 is 19.9 Å². The second kappa shape index (κ2) is 11.3. The number of carbonyl (C=O) groups excluding carboxylic acids is 1. The summed E-state index contributed by atoms with van der Waals surface area (Å²) in [5.41, 5.74) is 0. The van der Waals surface area contributed by atoms with Crippen LogP contribution in [0.5, 0.6) is 0 Å². The second-order valence-electron chi connectivity index (χ2n) is 3.56. The largest absolute Gasteiger partial charge is 0.480 e. The molecule has 0 saturated carbocycles. The zero-order valence-corrected chi connectivity index (χ0v) is 10.2. The van der Waals surface area contributed by atoms with Gasteiger partial charge in [0.2, 0.25) is 5.91 Å². The molecular formula is C11H21NO5. The van der Waals surface area contributed by atoms with Crippen molar-refractivity contribution in [3.8, 4) is 0 Å². The van der Waals surface area contributed by atoms with Gasteiger partial charge in [0.1, 0.15) is 13.2 Å². The Morgan fingerprint density at radius 3 is 2.47 bits per heavy atom. The van der Waals surface area contributed by atoms with Gasteiger partial charge in [-0.2, -0.15) is 0 Å². The van der Waals surface area contributed by atoms with Crippen molar-refractivity contribution in [1.82, 2.24) is 5.32 Å². The Labute approximate surface area is 101 Å². The summed E-state index contributed by atoms with van der Waals surface area (Å²) in [6, 6.07) is 0. The van der Waals surface area contributed by atoms with Gasteiger partial charge in [-0.15, -0.1) is 0 Å². The van der Waals surface area contributed by atoms with Crippen molar-refractivity contribution in [3.05, 3.63) is 0 Å². The van der Waals surface area contributed by atoms with Gasteiger partial charge >= 0.3 is 5.97 Å². The lowest BCUT2D eigenvalue weighted by atomic mass is 10.3. The zero-order valence-electron chi connectivity index (χ0n) is 10.2. The van der Waals surface area contributed by atoms with Crippen molar-refractivity contribution in [2.45, 2.75) is 26.2 Å². The van der Waals surface area contributed by atoms with Gasteiger partial charge in [-0.1, -0.05) is 13.3 Å². The Morgan fingerprint density at radius 1 is 1.12 bits per heavy atom. The van der Waals surface area contributed by atoms with Crippen LogP contribution in [-0.4, -0.2) is 50.0 Å². The van der Waals surface area contributed by atoms with Crippen molar-refractivity contribution in [2.24, 2.45) is 0 Å². The Hall–Kier alpha value is -1.14. The van der Waals surface area contributed by atoms with E-state index in [9.17, 15) is 9.59 Å². The quantitative estimate of drug-likeness (QED) is 0.517. The highest BCUT2D eigenvalue weighted by Gasteiger charge is 2.02. The molecule has 100 valence electrons. The molecule has 0 aliphatic heterocycles. The molecule has 0 aromatic carbocycles. The highest BCUT2D eigenvalue weighted by atomic mass is 16.5. The number of hydrogen-bond donors (Lipinski definition) is 2. The Morgan fingerprint density at radius 2 is 1.82 bits per heavy atom. The summed E-state index contributed by atoms with van der Waals surface area (Å²) in [4.78, 5) is 21.2. The Kier molecular flexibility index (Phi) is 10.6. The van der Waals surface area contributed by atoms with Crippen molar-refractivity contribution < 1.29 is 24.2 Å². The molecule has 0 heterocycles. The number of unbranched alkanes of at least 4 members (excludes halogenated alkanes) is 1. The minimum atomic E-state index is -1.08. The van der Waals surface area contributed by atoms with Gasteiger partial charge in [0.15, 0.2) is 0 Å². The van der Waals surface area contributed by atoms with Crippen LogP contribution in [0.1, 0.15) is 26.2 Å². The van der Waals surface area contributed by atoms with E-state index < -0.39 is 12.6 Å². The van der Waals surface area contributed by atoms with Gasteiger partial charge in [0, 0.05) is 19.8 Å². The highest BCUT2D eigenvalue weighted by molar-refractivity contribution is 5.77. The van der Waals surface area contributed by atoms with Crippen molar-refractivity contribution in [1.29, 1.82) is 0 Å². The maximum absolute atomic E-state index is 11.1. The number of carboxylic acids is 1. The fourth-order valence-electron chi connectivity index (χ4n) is 1.03. The second-order valence-corrected chi connectivity index (χ2v) is 3.56. The van der Waals surface area contributed by atoms with Crippen molar-refractivity contribution >= 4 is 11.9 Å². The first-order valence-electron chi connectivity index (χ1n) is 5.80. The van der Waals surface area contributed by atoms with Crippen LogP contribution in [0.2, 0.25) is 0 Å². The average molecular weight is 247 g/mol. The monoisotopic (exact) mass is 247 g/mol. The average Bonchev–Trinajstić information content (AvgIpc) is 2.27. The molecule has 2 N–H and O–H groups in total. The molecule has 0 aliphatic rings. The molecule has 6 heteroatoms. The fraction of sp³-hybridized carbons (Fsp3) is 0.818. The number of ether oxygens (including phenoxy) is 2. The standard InChI is InChI=1S/C11H21NO5/c1-2-3-6-16-7-4-5-12-10(13)8-17-9-11(14)15/h2-9H2,1H3,(H,12,13)(H,14,15). The molecule has 0 atom stereocenters. The van der Waals surface area contributed by atoms with E-state index in [0.29, 0.717) is 13.2 Å². The first-order valence-corrected chi connectivity index (χ1v) is 5.80. The van der Waals surface area contributed by atoms with E-state index in [1.165, 1.54) is 0 Å². The summed E-state index contributed by atoms with van der Waals surface area (Å²) in [5.74, 6) is -1.39. The van der Waals surface area contributed by atoms with E-state index in [1.54, 1.807) is 0 Å². The van der Waals surface area contributed by atoms with Crippen LogP contribution in [0.15, 0.2) is 0 Å². The maximum Gasteiger partial charge on any atom is 0.329 e. The number of rotatable bonds is 11. The number of nitrogens with one attached hydrogen (secondary N) is 1. The summed E-state index contributed by atoms with van der Waals surface area (Å²) in [6.45, 7) is 3.32. The topological polar surface area (TPSA) is 84.9 Å². The van der Waals surface area contributed by atoms with E-state index in [-0.39, 0.29) is 12.5 Å². The Bertz CT molecular complexity index is 220. The number of carboxylic acid groups (broad SMARTS) is 1. The number of carbonyl (C=O) groups is 2. The molecule has 0 fully saturated rings. The molecule has 0 aromatic heterocycles. The summed E-state index contributed by atoms with van der Waals surface area (Å²) in [7, 11) is 0. The van der Waals surface area contributed by atoms with Crippen LogP contribution in [0, 0.1) is 0 Å². The van der Waals surface area contributed by atoms with E-state index >= 15 is 0 Å². The summed E-state index contributed by atoms with van der Waals surface area (Å²) in [5, 5.41) is 10.9. The predicted molar refractivity (Wildman–Crippen MR) is 61.8 cm³/mol. The lowest BCUT2D eigenvalue weighted by Gasteiger charge is -2.05. The summed E-state index contributed by atoms with van der Waals surface area (Å²) >= 11 is 0. The number of amides is 1. The fourth-order valence-corrected chi connectivity index (χ4v) is 1.03. The van der Waals surface area contributed by atoms with Crippen LogP contribution in [0.3, 0.4) is 0 Å². The summed E-state index contributed by atoms with van der Waals surface area (Å²) < 4.78 is 9.93. The minimum Gasteiger partial charge on any atom is -0.480 e. The summed E-state index contributed by atoms with van der Waals surface area (Å²) in [6.07, 6.45) is 2.90. The van der Waals surface area contributed by atoms with E-state index in [2.05, 4.69) is 17.0 Å². The molecule has 0 spiro atoms. The van der Waals surface area contributed by atoms with Gasteiger partial charge in [-0.25, -0.2) is 4.79 Å². The lowest BCUT2D eigenvalue weighted by Crippen LogP contribution is -2.29. The predicted octanol–water partition coefficient (Wildman–Crippen LogP) is 0.411. The zero-order chi connectivity index (χ0) is 12.9. The first kappa shape index (κ1) is 15.9. The van der Waals surface area contributed by atoms with Crippen LogP contribution in [-0.2, 0) is 19.1 Å². The number of hydrogen-bond acceptors (Lipinski definition) is 4. The van der Waals surface area contributed by atoms with E-state index in [4.69, 9.17) is 9.84 Å². The maximum atomic E-state index is 11.1. The molecule has 0 aliphatic carbocycles. The lowest BCUT2D eigenvalue weighted by molar-refractivity contribution is -0.143. The van der Waals surface area contributed by atoms with Crippen LogP contribution >= 0.6 is 0 Å². The van der Waals surface area contributed by atoms with Crippen LogP contribution < -0.4 is 5.32 Å². The van der Waals surface area contributed by atoms with Crippen molar-refractivity contribution in [2.75, 3.05) is 33.0 Å². The van der Waals surface area contributed by atoms with Gasteiger partial charge in [-0.3, -0.25) is 4.79 Å². The third-order valence-electron chi connectivity index (χ3n) is 1.89. The van der Waals surface area contributed by atoms with Crippen molar-refractivity contribution in [3.63, 3.8) is 0 Å². The van der Waals surface area contributed by atoms with Gasteiger partial charge in [0.05, 0.1) is 0 Å². The smallest absolute Gasteiger partial charge is 0.329 e. The highest BCUT2D eigenvalue weighted by Crippen LogP contribution is 1.89. The molecule has 0 aromatic rings. The molecule has 0 bridgehead atoms. The minimum absolute atomic E-state index is 0.219. The number of aliphatic carboxylic acids is 1. The SMILES string of the molecule is CCCCOCCCNC(=O)COCC(=O)O. The Balaban J connectivity index is 3.19. The van der Waals surface area contributed by atoms with Crippen LogP contribution in [0.25, 0.3) is 0 Å². The molecule has 0 unspecified atom stereocenters. The molecule has 0 radical (unpaired) electrons. The normalized spacial score (nSPS) is 10.2. The van der Waals surface area contributed by atoms with Gasteiger partial charge in [0.25, 0.3) is 0 Å². The third kappa shape index (κ3) is 12.8. The molecular weight excluding hydrogens is 226 g/mol. The molecule has 6 nitrogen and oxygen atoms in total. The molecule has 0 rings (SSSR count). The molecule has 1 amide bonds. The first-order chi connectivity index (χ1) is 8.16. The van der Waals surface area contributed by atoms with Crippen LogP contribution in [0.4, 0.5) is 0 Å². The molecule has 17 heavy (non-hydrogen) atoms. The van der Waals surface area contributed by atoms with E-state index in [0.717, 1.165) is 25.9 Å². The van der Waals surface area contributed by atoms with Gasteiger partial charge in [-0.05, 0) is 12.8 Å². The van der Waals surface area contributed by atoms with E-state index in [1.807, 2.05) is 0 Å². The molecule has 0 saturated heterocycles. The third-order valence-corrected chi connectivity index (χ3v) is 1.89.